The molecule has 2 aromatic rings. The van der Waals surface area contributed by atoms with E-state index in [0.29, 0.717) is 11.3 Å². The molecule has 7 heteroatoms. The fourth-order valence-corrected chi connectivity index (χ4v) is 1.50. The fraction of sp³-hybridized carbons (Fsp3) is 0.0769. The van der Waals surface area contributed by atoms with E-state index >= 15 is 0 Å². The molecule has 0 aliphatic rings. The molecule has 0 atom stereocenters. The highest BCUT2D eigenvalue weighted by atomic mass is 16.3. The summed E-state index contributed by atoms with van der Waals surface area (Å²) in [6.07, 6.45) is 0. The highest BCUT2D eigenvalue weighted by Gasteiger charge is 2.07. The lowest BCUT2D eigenvalue weighted by molar-refractivity contribution is 0.0948. The van der Waals surface area contributed by atoms with Gasteiger partial charge in [0, 0.05) is 11.6 Å². The van der Waals surface area contributed by atoms with Crippen LogP contribution in [0.4, 0.5) is 0 Å². The van der Waals surface area contributed by atoms with Crippen LogP contribution in [0.5, 0.6) is 5.75 Å². The quantitative estimate of drug-likeness (QED) is 0.562. The summed E-state index contributed by atoms with van der Waals surface area (Å²) in [7, 11) is 0. The van der Waals surface area contributed by atoms with Gasteiger partial charge < -0.3 is 5.11 Å². The number of nitrogens with one attached hydrogen (secondary N) is 2. The Hall–Kier alpha value is -2.96. The number of para-hydroxylation sites is 1. The van der Waals surface area contributed by atoms with Crippen molar-refractivity contribution in [2.45, 2.75) is 6.92 Å². The van der Waals surface area contributed by atoms with Gasteiger partial charge in [0.2, 0.25) is 0 Å². The normalized spacial score (nSPS) is 11.2. The molecule has 0 saturated heterocycles. The topological polar surface area (TPSA) is 107 Å². The summed E-state index contributed by atoms with van der Waals surface area (Å²) in [5.74, 6) is -0.485. The molecule has 1 aromatic carbocycles. The summed E-state index contributed by atoms with van der Waals surface area (Å²) in [5.41, 5.74) is 2.91. The Morgan fingerprint density at radius 3 is 2.70 bits per heavy atom. The van der Waals surface area contributed by atoms with Crippen LogP contribution in [0, 0.1) is 0 Å². The van der Waals surface area contributed by atoms with Gasteiger partial charge in [-0.1, -0.05) is 12.1 Å². The van der Waals surface area contributed by atoms with Gasteiger partial charge in [-0.25, -0.2) is 10.5 Å². The van der Waals surface area contributed by atoms with Gasteiger partial charge >= 0.3 is 0 Å². The van der Waals surface area contributed by atoms with E-state index in [1.54, 1.807) is 25.1 Å². The molecule has 0 aliphatic carbocycles. The number of phenols is 1. The second-order valence-electron chi connectivity index (χ2n) is 3.96. The van der Waals surface area contributed by atoms with Crippen LogP contribution in [0.2, 0.25) is 0 Å². The zero-order valence-electron chi connectivity index (χ0n) is 10.6. The second-order valence-corrected chi connectivity index (χ2v) is 3.96. The third kappa shape index (κ3) is 3.08. The minimum absolute atomic E-state index is 0.0402. The average molecular weight is 272 g/mol. The predicted molar refractivity (Wildman–Crippen MR) is 72.6 cm³/mol. The van der Waals surface area contributed by atoms with Crippen molar-refractivity contribution in [3.63, 3.8) is 0 Å². The molecule has 0 unspecified atom stereocenters. The molecule has 1 amide bonds. The summed E-state index contributed by atoms with van der Waals surface area (Å²) >= 11 is 0. The SMILES string of the molecule is CC(=NNC(=O)c1ccc(=O)[nH]n1)c1ccccc1O. The van der Waals surface area contributed by atoms with Gasteiger partial charge in [0.1, 0.15) is 5.75 Å². The first-order chi connectivity index (χ1) is 9.58. The first-order valence-corrected chi connectivity index (χ1v) is 5.76. The predicted octanol–water partition coefficient (Wildman–Crippen LogP) is 0.629. The number of aromatic hydroxyl groups is 1. The van der Waals surface area contributed by atoms with Crippen molar-refractivity contribution in [3.05, 3.63) is 58.0 Å². The van der Waals surface area contributed by atoms with E-state index in [0.717, 1.165) is 0 Å². The number of hydrogen-bond acceptors (Lipinski definition) is 5. The van der Waals surface area contributed by atoms with E-state index in [9.17, 15) is 14.7 Å². The summed E-state index contributed by atoms with van der Waals surface area (Å²) in [4.78, 5) is 22.5. The Balaban J connectivity index is 2.13. The number of aromatic amines is 1. The highest BCUT2D eigenvalue weighted by Crippen LogP contribution is 2.16. The van der Waals surface area contributed by atoms with Gasteiger partial charge in [-0.05, 0) is 25.1 Å². The first kappa shape index (κ1) is 13.5. The zero-order chi connectivity index (χ0) is 14.5. The molecular formula is C13H12N4O3. The molecule has 0 aliphatic heterocycles. The van der Waals surface area contributed by atoms with Crippen LogP contribution in [-0.4, -0.2) is 26.9 Å². The minimum atomic E-state index is -0.559. The molecule has 102 valence electrons. The van der Waals surface area contributed by atoms with E-state index in [4.69, 9.17) is 0 Å². The van der Waals surface area contributed by atoms with E-state index in [1.165, 1.54) is 18.2 Å². The summed E-state index contributed by atoms with van der Waals surface area (Å²) in [6, 6.07) is 9.13. The molecule has 1 heterocycles. The number of hydrogen-bond donors (Lipinski definition) is 3. The number of rotatable bonds is 3. The molecule has 0 saturated carbocycles. The maximum atomic E-state index is 11.7. The van der Waals surface area contributed by atoms with Crippen LogP contribution in [-0.2, 0) is 0 Å². The van der Waals surface area contributed by atoms with Crippen molar-refractivity contribution < 1.29 is 9.90 Å². The Kier molecular flexibility index (Phi) is 3.90. The van der Waals surface area contributed by atoms with Crippen molar-refractivity contribution >= 4 is 11.6 Å². The third-order valence-electron chi connectivity index (χ3n) is 2.53. The maximum Gasteiger partial charge on any atom is 0.291 e. The molecule has 2 rings (SSSR count). The Morgan fingerprint density at radius 1 is 1.30 bits per heavy atom. The number of phenolic OH excluding ortho intramolecular Hbond substituents is 1. The van der Waals surface area contributed by atoms with Gasteiger partial charge in [0.25, 0.3) is 11.5 Å². The number of benzene rings is 1. The number of H-pyrrole nitrogens is 1. The summed E-state index contributed by atoms with van der Waals surface area (Å²) in [6.45, 7) is 1.65. The van der Waals surface area contributed by atoms with Crippen LogP contribution in [0.15, 0.2) is 46.3 Å². The third-order valence-corrected chi connectivity index (χ3v) is 2.53. The van der Waals surface area contributed by atoms with Crippen LogP contribution in [0.25, 0.3) is 0 Å². The number of amides is 1. The molecule has 3 N–H and O–H groups in total. The zero-order valence-corrected chi connectivity index (χ0v) is 10.6. The second kappa shape index (κ2) is 5.79. The van der Waals surface area contributed by atoms with Gasteiger partial charge in [0.05, 0.1) is 5.71 Å². The van der Waals surface area contributed by atoms with Crippen LogP contribution < -0.4 is 11.0 Å². The molecule has 20 heavy (non-hydrogen) atoms. The Bertz CT molecular complexity index is 701. The molecule has 0 spiro atoms. The monoisotopic (exact) mass is 272 g/mol. The lowest BCUT2D eigenvalue weighted by Gasteiger charge is -2.04. The van der Waals surface area contributed by atoms with E-state index in [2.05, 4.69) is 20.7 Å². The van der Waals surface area contributed by atoms with Gasteiger partial charge in [-0.3, -0.25) is 9.59 Å². The molecule has 0 radical (unpaired) electrons. The minimum Gasteiger partial charge on any atom is -0.507 e. The largest absolute Gasteiger partial charge is 0.507 e. The van der Waals surface area contributed by atoms with Gasteiger partial charge in [-0.15, -0.1) is 0 Å². The highest BCUT2D eigenvalue weighted by molar-refractivity contribution is 6.02. The number of hydrazone groups is 1. The fourth-order valence-electron chi connectivity index (χ4n) is 1.50. The molecule has 1 aromatic heterocycles. The van der Waals surface area contributed by atoms with Gasteiger partial charge in [0.15, 0.2) is 5.69 Å². The molecule has 7 nitrogen and oxygen atoms in total. The average Bonchev–Trinajstić information content (AvgIpc) is 2.45. The van der Waals surface area contributed by atoms with Crippen molar-refractivity contribution in [3.8, 4) is 5.75 Å². The molecule has 0 bridgehead atoms. The standard InChI is InChI=1S/C13H12N4O3/c1-8(9-4-2-3-5-11(9)18)14-17-13(20)10-6-7-12(19)16-15-10/h2-7,18H,1H3,(H,16,19)(H,17,20). The van der Waals surface area contributed by atoms with Crippen molar-refractivity contribution in [2.75, 3.05) is 0 Å². The number of nitrogens with zero attached hydrogens (tertiary/aromatic N) is 2. The number of carbonyl (C=O) groups excluding carboxylic acids is 1. The molecule has 0 fully saturated rings. The van der Waals surface area contributed by atoms with Crippen molar-refractivity contribution in [1.29, 1.82) is 0 Å². The number of carbonyl (C=O) groups is 1. The smallest absolute Gasteiger partial charge is 0.291 e. The van der Waals surface area contributed by atoms with E-state index < -0.39 is 11.5 Å². The van der Waals surface area contributed by atoms with E-state index in [1.807, 2.05) is 0 Å². The van der Waals surface area contributed by atoms with Crippen LogP contribution in [0.3, 0.4) is 0 Å². The van der Waals surface area contributed by atoms with Crippen molar-refractivity contribution in [1.82, 2.24) is 15.6 Å². The van der Waals surface area contributed by atoms with Crippen LogP contribution >= 0.6 is 0 Å². The maximum absolute atomic E-state index is 11.7. The molecular weight excluding hydrogens is 260 g/mol. The van der Waals surface area contributed by atoms with E-state index in [-0.39, 0.29) is 11.4 Å². The number of aromatic nitrogens is 2. The summed E-state index contributed by atoms with van der Waals surface area (Å²) in [5, 5.41) is 19.3. The lowest BCUT2D eigenvalue weighted by Crippen LogP contribution is -2.22. The lowest BCUT2D eigenvalue weighted by atomic mass is 10.1. The summed E-state index contributed by atoms with van der Waals surface area (Å²) < 4.78 is 0. The Morgan fingerprint density at radius 2 is 2.05 bits per heavy atom. The first-order valence-electron chi connectivity index (χ1n) is 5.76. The Labute approximate surface area is 114 Å². The van der Waals surface area contributed by atoms with Crippen LogP contribution in [0.1, 0.15) is 23.0 Å². The van der Waals surface area contributed by atoms with Gasteiger partial charge in [-0.2, -0.15) is 10.2 Å². The van der Waals surface area contributed by atoms with Crippen molar-refractivity contribution in [2.24, 2.45) is 5.10 Å².